The lowest BCUT2D eigenvalue weighted by molar-refractivity contribution is 0.260. The van der Waals surface area contributed by atoms with Crippen LogP contribution < -0.4 is 0 Å². The fourth-order valence-corrected chi connectivity index (χ4v) is 3.63. The monoisotopic (exact) mass is 291 g/mol. The summed E-state index contributed by atoms with van der Waals surface area (Å²) in [4.78, 5) is 9.39. The first kappa shape index (κ1) is 13.9. The Kier molecular flexibility index (Phi) is 3.28. The number of fused-ring (bicyclic) bond motifs is 1. The Bertz CT molecular complexity index is 642. The highest BCUT2D eigenvalue weighted by atomic mass is 35.5. The van der Waals surface area contributed by atoms with E-state index in [9.17, 15) is 0 Å². The highest BCUT2D eigenvalue weighted by Gasteiger charge is 2.38. The van der Waals surface area contributed by atoms with Crippen molar-refractivity contribution in [3.63, 3.8) is 0 Å². The molecule has 1 saturated carbocycles. The van der Waals surface area contributed by atoms with Crippen molar-refractivity contribution >= 4 is 22.8 Å². The minimum absolute atomic E-state index is 0.0964. The van der Waals surface area contributed by atoms with E-state index in [4.69, 9.17) is 16.6 Å². The Balaban J connectivity index is 2.24. The molecular weight excluding hydrogens is 270 g/mol. The van der Waals surface area contributed by atoms with Gasteiger partial charge >= 0.3 is 0 Å². The van der Waals surface area contributed by atoms with Crippen LogP contribution in [0, 0.1) is 12.3 Å². The smallest absolute Gasteiger partial charge is 0.160 e. The summed E-state index contributed by atoms with van der Waals surface area (Å²) in [5.74, 6) is 0.958. The van der Waals surface area contributed by atoms with Gasteiger partial charge in [-0.1, -0.05) is 20.3 Å². The fourth-order valence-electron chi connectivity index (χ4n) is 3.48. The molecule has 2 aromatic rings. The highest BCUT2D eigenvalue weighted by molar-refractivity contribution is 6.20. The lowest BCUT2D eigenvalue weighted by Gasteiger charge is -2.30. The van der Waals surface area contributed by atoms with Crippen LogP contribution in [0.15, 0.2) is 12.3 Å². The van der Waals surface area contributed by atoms with Gasteiger partial charge in [-0.15, -0.1) is 11.6 Å². The van der Waals surface area contributed by atoms with Crippen LogP contribution in [0.4, 0.5) is 0 Å². The zero-order valence-corrected chi connectivity index (χ0v) is 13.4. The van der Waals surface area contributed by atoms with Gasteiger partial charge in [0.2, 0.25) is 0 Å². The lowest BCUT2D eigenvalue weighted by Crippen LogP contribution is -2.23. The van der Waals surface area contributed by atoms with E-state index in [1.165, 1.54) is 19.3 Å². The molecule has 2 unspecified atom stereocenters. The molecule has 0 spiro atoms. The zero-order chi connectivity index (χ0) is 14.5. The summed E-state index contributed by atoms with van der Waals surface area (Å²) in [5.41, 5.74) is 3.37. The van der Waals surface area contributed by atoms with E-state index in [2.05, 4.69) is 36.4 Å². The van der Waals surface area contributed by atoms with Crippen molar-refractivity contribution in [1.82, 2.24) is 14.5 Å². The zero-order valence-electron chi connectivity index (χ0n) is 12.7. The van der Waals surface area contributed by atoms with Gasteiger partial charge in [0.05, 0.1) is 5.38 Å². The van der Waals surface area contributed by atoms with Crippen LogP contribution in [0.25, 0.3) is 11.2 Å². The predicted molar refractivity (Wildman–Crippen MR) is 83.2 cm³/mol. The Morgan fingerprint density at radius 3 is 2.80 bits per heavy atom. The topological polar surface area (TPSA) is 30.7 Å². The molecule has 4 heteroatoms. The Hall–Kier alpha value is -1.09. The maximum atomic E-state index is 6.38. The summed E-state index contributed by atoms with van der Waals surface area (Å²) in [6, 6.07) is 2.54. The van der Waals surface area contributed by atoms with E-state index in [-0.39, 0.29) is 10.8 Å². The van der Waals surface area contributed by atoms with Crippen molar-refractivity contribution in [2.75, 3.05) is 0 Å². The molecule has 0 radical (unpaired) electrons. The van der Waals surface area contributed by atoms with Gasteiger partial charge in [0, 0.05) is 12.2 Å². The number of rotatable bonds is 2. The molecule has 2 aromatic heterocycles. The van der Waals surface area contributed by atoms with E-state index < -0.39 is 0 Å². The van der Waals surface area contributed by atoms with Crippen molar-refractivity contribution in [2.45, 2.75) is 58.4 Å². The number of aromatic nitrogens is 3. The SMILES string of the molecule is Cc1cnc2c(c1)nc(C(C)Cl)n2C1CCCC1(C)C. The quantitative estimate of drug-likeness (QED) is 0.745. The van der Waals surface area contributed by atoms with E-state index in [1.807, 2.05) is 13.1 Å². The van der Waals surface area contributed by atoms with Gasteiger partial charge in [0.15, 0.2) is 5.65 Å². The number of hydrogen-bond acceptors (Lipinski definition) is 2. The van der Waals surface area contributed by atoms with Crippen molar-refractivity contribution in [2.24, 2.45) is 5.41 Å². The third kappa shape index (κ3) is 2.12. The predicted octanol–water partition coefficient (Wildman–Crippen LogP) is 4.79. The van der Waals surface area contributed by atoms with Gasteiger partial charge in [-0.25, -0.2) is 9.97 Å². The number of nitrogens with zero attached hydrogens (tertiary/aromatic N) is 3. The molecule has 1 fully saturated rings. The largest absolute Gasteiger partial charge is 0.308 e. The van der Waals surface area contributed by atoms with Crippen molar-refractivity contribution in [1.29, 1.82) is 0 Å². The number of imidazole rings is 1. The van der Waals surface area contributed by atoms with Crippen molar-refractivity contribution in [3.8, 4) is 0 Å². The summed E-state index contributed by atoms with van der Waals surface area (Å²) >= 11 is 6.38. The van der Waals surface area contributed by atoms with Crippen LogP contribution in [-0.4, -0.2) is 14.5 Å². The minimum Gasteiger partial charge on any atom is -0.308 e. The lowest BCUT2D eigenvalue weighted by atomic mass is 9.87. The third-order valence-corrected chi connectivity index (χ3v) is 4.76. The summed E-state index contributed by atoms with van der Waals surface area (Å²) < 4.78 is 2.31. The normalized spacial score (nSPS) is 23.4. The number of aryl methyl sites for hydroxylation is 1. The van der Waals surface area contributed by atoms with Gasteiger partial charge in [0.1, 0.15) is 11.3 Å². The average Bonchev–Trinajstić information content (AvgIpc) is 2.88. The van der Waals surface area contributed by atoms with E-state index >= 15 is 0 Å². The summed E-state index contributed by atoms with van der Waals surface area (Å²) in [6.45, 7) is 8.73. The first-order valence-electron chi connectivity index (χ1n) is 7.39. The maximum absolute atomic E-state index is 6.38. The van der Waals surface area contributed by atoms with Crippen LogP contribution in [0.3, 0.4) is 0 Å². The number of halogens is 1. The Morgan fingerprint density at radius 1 is 1.45 bits per heavy atom. The van der Waals surface area contributed by atoms with Crippen LogP contribution in [0.1, 0.15) is 62.8 Å². The molecule has 1 aliphatic rings. The molecule has 1 aliphatic carbocycles. The van der Waals surface area contributed by atoms with Crippen LogP contribution in [0.5, 0.6) is 0 Å². The molecule has 0 aliphatic heterocycles. The molecule has 3 nitrogen and oxygen atoms in total. The summed E-state index contributed by atoms with van der Waals surface area (Å²) in [5, 5.41) is -0.0964. The van der Waals surface area contributed by atoms with Gasteiger partial charge < -0.3 is 4.57 Å². The number of pyridine rings is 1. The molecule has 0 aromatic carbocycles. The molecule has 0 saturated heterocycles. The number of hydrogen-bond donors (Lipinski definition) is 0. The molecule has 0 amide bonds. The summed E-state index contributed by atoms with van der Waals surface area (Å²) in [6.07, 6.45) is 5.62. The number of alkyl halides is 1. The van der Waals surface area contributed by atoms with Crippen LogP contribution in [-0.2, 0) is 0 Å². The second-order valence-corrected chi connectivity index (χ2v) is 7.36. The molecule has 0 bridgehead atoms. The van der Waals surface area contributed by atoms with Crippen molar-refractivity contribution in [3.05, 3.63) is 23.7 Å². The fraction of sp³-hybridized carbons (Fsp3) is 0.625. The van der Waals surface area contributed by atoms with E-state index in [0.717, 1.165) is 22.6 Å². The van der Waals surface area contributed by atoms with Crippen LogP contribution in [0.2, 0.25) is 0 Å². The van der Waals surface area contributed by atoms with E-state index in [1.54, 1.807) is 0 Å². The van der Waals surface area contributed by atoms with Crippen molar-refractivity contribution < 1.29 is 0 Å². The highest BCUT2D eigenvalue weighted by Crippen LogP contribution is 2.48. The molecule has 0 N–H and O–H groups in total. The molecule has 108 valence electrons. The van der Waals surface area contributed by atoms with Gasteiger partial charge in [-0.05, 0) is 43.7 Å². The standard InChI is InChI=1S/C16H22ClN3/c1-10-8-12-15(18-9-10)20(14(19-12)11(2)17)13-6-5-7-16(13,3)4/h8-9,11,13H,5-7H2,1-4H3. The second-order valence-electron chi connectivity index (χ2n) is 6.71. The maximum Gasteiger partial charge on any atom is 0.160 e. The van der Waals surface area contributed by atoms with Gasteiger partial charge in [-0.2, -0.15) is 0 Å². The molecule has 20 heavy (non-hydrogen) atoms. The van der Waals surface area contributed by atoms with E-state index in [0.29, 0.717) is 6.04 Å². The second kappa shape index (κ2) is 4.73. The Labute approximate surface area is 125 Å². The van der Waals surface area contributed by atoms with Gasteiger partial charge in [-0.3, -0.25) is 0 Å². The first-order chi connectivity index (χ1) is 9.40. The Morgan fingerprint density at radius 2 is 2.20 bits per heavy atom. The molecule has 2 heterocycles. The average molecular weight is 292 g/mol. The third-order valence-electron chi connectivity index (χ3n) is 4.56. The molecule has 3 rings (SSSR count). The summed E-state index contributed by atoms with van der Waals surface area (Å²) in [7, 11) is 0. The molecular formula is C16H22ClN3. The van der Waals surface area contributed by atoms with Crippen LogP contribution >= 0.6 is 11.6 Å². The minimum atomic E-state index is -0.0964. The molecule has 2 atom stereocenters. The first-order valence-corrected chi connectivity index (χ1v) is 7.82. The van der Waals surface area contributed by atoms with Gasteiger partial charge in [0.25, 0.3) is 0 Å².